The molecule has 0 aliphatic rings. The van der Waals surface area contributed by atoms with E-state index in [0.29, 0.717) is 34.9 Å². The third-order valence-corrected chi connectivity index (χ3v) is 4.20. The summed E-state index contributed by atoms with van der Waals surface area (Å²) in [6.45, 7) is 1.90. The highest BCUT2D eigenvalue weighted by atomic mass is 32.2. The molecule has 0 atom stereocenters. The Hall–Kier alpha value is -2.34. The molecule has 2 N–H and O–H groups in total. The van der Waals surface area contributed by atoms with Crippen LogP contribution in [0.4, 0.5) is 10.1 Å². The fourth-order valence-electron chi connectivity index (χ4n) is 2.08. The predicted octanol–water partition coefficient (Wildman–Crippen LogP) is 3.45. The van der Waals surface area contributed by atoms with Gasteiger partial charge in [0.05, 0.1) is 0 Å². The molecular formula is C18H19FN2O2S. The number of hydrogen-bond acceptors (Lipinski definition) is 3. The molecule has 4 nitrogen and oxygen atoms in total. The number of benzene rings is 2. The third kappa shape index (κ3) is 5.70. The van der Waals surface area contributed by atoms with Crippen molar-refractivity contribution < 1.29 is 14.0 Å². The number of anilines is 1. The number of nitrogens with one attached hydrogen (secondary N) is 2. The van der Waals surface area contributed by atoms with E-state index in [-0.39, 0.29) is 17.6 Å². The Balaban J connectivity index is 1.75. The molecular weight excluding hydrogens is 327 g/mol. The molecule has 24 heavy (non-hydrogen) atoms. The van der Waals surface area contributed by atoms with Gasteiger partial charge in [0, 0.05) is 36.2 Å². The van der Waals surface area contributed by atoms with Crippen molar-refractivity contribution in [3.05, 3.63) is 65.5 Å². The molecule has 0 saturated heterocycles. The lowest BCUT2D eigenvalue weighted by atomic mass is 10.2. The minimum Gasteiger partial charge on any atom is -0.351 e. The monoisotopic (exact) mass is 346 g/mol. The molecule has 2 amide bonds. The number of carbonyl (C=O) groups excluding carboxylic acids is 2. The lowest BCUT2D eigenvalue weighted by molar-refractivity contribution is -0.114. The second kappa shape index (κ2) is 9.08. The van der Waals surface area contributed by atoms with E-state index in [1.54, 1.807) is 48.2 Å². The molecule has 2 aromatic rings. The Morgan fingerprint density at radius 2 is 1.92 bits per heavy atom. The first kappa shape index (κ1) is 18.0. The number of hydrogen-bond donors (Lipinski definition) is 2. The van der Waals surface area contributed by atoms with Crippen LogP contribution in [-0.2, 0) is 10.5 Å². The van der Waals surface area contributed by atoms with Gasteiger partial charge in [-0.15, -0.1) is 0 Å². The van der Waals surface area contributed by atoms with E-state index >= 15 is 0 Å². The van der Waals surface area contributed by atoms with Crippen molar-refractivity contribution >= 4 is 29.3 Å². The minimum absolute atomic E-state index is 0.183. The summed E-state index contributed by atoms with van der Waals surface area (Å²) in [6, 6.07) is 13.4. The third-order valence-electron chi connectivity index (χ3n) is 3.19. The first-order chi connectivity index (χ1) is 11.6. The van der Waals surface area contributed by atoms with Gasteiger partial charge in [0.25, 0.3) is 5.91 Å². The van der Waals surface area contributed by atoms with Crippen molar-refractivity contribution in [1.29, 1.82) is 0 Å². The quantitative estimate of drug-likeness (QED) is 0.755. The zero-order valence-electron chi connectivity index (χ0n) is 13.3. The topological polar surface area (TPSA) is 58.2 Å². The molecule has 0 fully saturated rings. The Morgan fingerprint density at radius 3 is 2.67 bits per heavy atom. The highest BCUT2D eigenvalue weighted by Gasteiger charge is 2.06. The molecule has 0 bridgehead atoms. The largest absolute Gasteiger partial charge is 0.351 e. The van der Waals surface area contributed by atoms with E-state index in [1.165, 1.54) is 13.0 Å². The second-order valence-corrected chi connectivity index (χ2v) is 6.27. The summed E-state index contributed by atoms with van der Waals surface area (Å²) >= 11 is 1.56. The lowest BCUT2D eigenvalue weighted by Crippen LogP contribution is -2.25. The fourth-order valence-corrected chi connectivity index (χ4v) is 2.92. The molecule has 0 aromatic heterocycles. The summed E-state index contributed by atoms with van der Waals surface area (Å²) in [5.41, 5.74) is 1.74. The summed E-state index contributed by atoms with van der Waals surface area (Å²) < 4.78 is 13.5. The molecule has 126 valence electrons. The van der Waals surface area contributed by atoms with Gasteiger partial charge in [0.15, 0.2) is 0 Å². The molecule has 0 radical (unpaired) electrons. The van der Waals surface area contributed by atoms with Gasteiger partial charge in [-0.05, 0) is 29.8 Å². The molecule has 0 saturated carbocycles. The van der Waals surface area contributed by atoms with Crippen LogP contribution in [0.1, 0.15) is 22.8 Å². The van der Waals surface area contributed by atoms with Crippen molar-refractivity contribution in [2.75, 3.05) is 17.6 Å². The van der Waals surface area contributed by atoms with Crippen LogP contribution < -0.4 is 10.6 Å². The fraction of sp³-hybridized carbons (Fsp3) is 0.222. The van der Waals surface area contributed by atoms with Crippen LogP contribution >= 0.6 is 11.8 Å². The van der Waals surface area contributed by atoms with Crippen molar-refractivity contribution in [3.8, 4) is 0 Å². The average Bonchev–Trinajstić information content (AvgIpc) is 2.55. The molecule has 0 spiro atoms. The van der Waals surface area contributed by atoms with Gasteiger partial charge in [-0.2, -0.15) is 11.8 Å². The van der Waals surface area contributed by atoms with Crippen LogP contribution in [0, 0.1) is 5.82 Å². The van der Waals surface area contributed by atoms with E-state index in [0.717, 1.165) is 0 Å². The van der Waals surface area contributed by atoms with Crippen LogP contribution in [0.25, 0.3) is 0 Å². The van der Waals surface area contributed by atoms with E-state index in [2.05, 4.69) is 10.6 Å². The van der Waals surface area contributed by atoms with Crippen molar-refractivity contribution in [3.63, 3.8) is 0 Å². The predicted molar refractivity (Wildman–Crippen MR) is 95.6 cm³/mol. The second-order valence-electron chi connectivity index (χ2n) is 5.16. The molecule has 0 heterocycles. The van der Waals surface area contributed by atoms with Gasteiger partial charge in [-0.3, -0.25) is 9.59 Å². The molecule has 2 aromatic carbocycles. The standard InChI is InChI=1S/C18H19FN2O2S/c1-13(22)21-16-7-4-6-14(11-16)18(23)20-9-10-24-12-15-5-2-3-8-17(15)19/h2-8,11H,9-10,12H2,1H3,(H,20,23)(H,21,22). The van der Waals surface area contributed by atoms with Crippen molar-refractivity contribution in [2.24, 2.45) is 0 Å². The van der Waals surface area contributed by atoms with Gasteiger partial charge in [-0.25, -0.2) is 4.39 Å². The summed E-state index contributed by atoms with van der Waals surface area (Å²) in [4.78, 5) is 23.1. The zero-order chi connectivity index (χ0) is 17.4. The lowest BCUT2D eigenvalue weighted by Gasteiger charge is -2.08. The van der Waals surface area contributed by atoms with Gasteiger partial charge in [-0.1, -0.05) is 24.3 Å². The van der Waals surface area contributed by atoms with E-state index in [9.17, 15) is 14.0 Å². The maximum Gasteiger partial charge on any atom is 0.251 e. The van der Waals surface area contributed by atoms with Gasteiger partial charge in [0.2, 0.25) is 5.91 Å². The van der Waals surface area contributed by atoms with E-state index in [1.807, 2.05) is 6.07 Å². The smallest absolute Gasteiger partial charge is 0.251 e. The first-order valence-corrected chi connectivity index (χ1v) is 8.69. The highest BCUT2D eigenvalue weighted by molar-refractivity contribution is 7.98. The number of amides is 2. The molecule has 0 unspecified atom stereocenters. The molecule has 0 aliphatic heterocycles. The summed E-state index contributed by atoms with van der Waals surface area (Å²) in [7, 11) is 0. The average molecular weight is 346 g/mol. The van der Waals surface area contributed by atoms with Crippen molar-refractivity contribution in [1.82, 2.24) is 5.32 Å². The van der Waals surface area contributed by atoms with E-state index in [4.69, 9.17) is 0 Å². The number of halogens is 1. The van der Waals surface area contributed by atoms with Gasteiger partial charge >= 0.3 is 0 Å². The number of carbonyl (C=O) groups is 2. The Kier molecular flexibility index (Phi) is 6.81. The summed E-state index contributed by atoms with van der Waals surface area (Å²) in [6.07, 6.45) is 0. The van der Waals surface area contributed by atoms with E-state index < -0.39 is 0 Å². The highest BCUT2D eigenvalue weighted by Crippen LogP contribution is 2.15. The summed E-state index contributed by atoms with van der Waals surface area (Å²) in [5, 5.41) is 5.46. The maximum atomic E-state index is 13.5. The Bertz CT molecular complexity index is 722. The van der Waals surface area contributed by atoms with Crippen LogP contribution in [0.5, 0.6) is 0 Å². The zero-order valence-corrected chi connectivity index (χ0v) is 14.2. The first-order valence-electron chi connectivity index (χ1n) is 7.53. The van der Waals surface area contributed by atoms with Crippen LogP contribution in [-0.4, -0.2) is 24.1 Å². The number of thioether (sulfide) groups is 1. The van der Waals surface area contributed by atoms with Crippen LogP contribution in [0.15, 0.2) is 48.5 Å². The molecule has 6 heteroatoms. The van der Waals surface area contributed by atoms with Crippen LogP contribution in [0.2, 0.25) is 0 Å². The SMILES string of the molecule is CC(=O)Nc1cccc(C(=O)NCCSCc2ccccc2F)c1. The van der Waals surface area contributed by atoms with Gasteiger partial charge < -0.3 is 10.6 Å². The normalized spacial score (nSPS) is 10.2. The Morgan fingerprint density at radius 1 is 1.12 bits per heavy atom. The summed E-state index contributed by atoms with van der Waals surface area (Å²) in [5.74, 6) is 0.668. The van der Waals surface area contributed by atoms with Gasteiger partial charge in [0.1, 0.15) is 5.82 Å². The molecule has 0 aliphatic carbocycles. The Labute approximate surface area is 144 Å². The minimum atomic E-state index is -0.205. The molecule has 2 rings (SSSR count). The maximum absolute atomic E-state index is 13.5. The van der Waals surface area contributed by atoms with Crippen LogP contribution in [0.3, 0.4) is 0 Å². The van der Waals surface area contributed by atoms with Crippen molar-refractivity contribution in [2.45, 2.75) is 12.7 Å². The number of rotatable bonds is 7.